The number of nitrogens with zero attached hydrogens (tertiary/aromatic N) is 1. The van der Waals surface area contributed by atoms with Gasteiger partial charge in [0.05, 0.1) is 11.4 Å². The predicted molar refractivity (Wildman–Crippen MR) is 200 cm³/mol. The maximum absolute atomic E-state index is 2.41. The summed E-state index contributed by atoms with van der Waals surface area (Å²) in [6.45, 7) is 0. The van der Waals surface area contributed by atoms with Gasteiger partial charge in [-0.05, 0) is 80.6 Å². The van der Waals surface area contributed by atoms with Gasteiger partial charge in [0.1, 0.15) is 0 Å². The molecule has 0 amide bonds. The van der Waals surface area contributed by atoms with Crippen LogP contribution in [0.4, 0.5) is 17.1 Å². The zero-order valence-corrected chi connectivity index (χ0v) is 26.0. The SMILES string of the molecule is c1ccc(-c2cccc(-c3ccccc3N(c3ccccc3)c3ccccc3-c3cccc(-c4cccc5ccccc45)c3)c2)cc1. The monoisotopic (exact) mass is 599 g/mol. The molecule has 0 fully saturated rings. The largest absolute Gasteiger partial charge is 0.309 e. The Labute approximate surface area is 276 Å². The number of anilines is 3. The molecule has 0 bridgehead atoms. The van der Waals surface area contributed by atoms with Crippen molar-refractivity contribution >= 4 is 27.8 Å². The van der Waals surface area contributed by atoms with E-state index >= 15 is 0 Å². The minimum absolute atomic E-state index is 1.11. The maximum atomic E-state index is 2.41. The summed E-state index contributed by atoms with van der Waals surface area (Å²) in [6, 6.07) is 71.8. The highest BCUT2D eigenvalue weighted by molar-refractivity contribution is 5.98. The van der Waals surface area contributed by atoms with Crippen LogP contribution in [0.3, 0.4) is 0 Å². The van der Waals surface area contributed by atoms with Crippen molar-refractivity contribution in [1.29, 1.82) is 0 Å². The molecule has 0 radical (unpaired) electrons. The second-order valence-electron chi connectivity index (χ2n) is 11.8. The van der Waals surface area contributed by atoms with Crippen LogP contribution in [0.1, 0.15) is 0 Å². The molecule has 1 heteroatoms. The van der Waals surface area contributed by atoms with Crippen LogP contribution in [0.25, 0.3) is 55.3 Å². The predicted octanol–water partition coefficient (Wildman–Crippen LogP) is 13.0. The van der Waals surface area contributed by atoms with Crippen LogP contribution in [0.2, 0.25) is 0 Å². The van der Waals surface area contributed by atoms with Gasteiger partial charge in [-0.15, -0.1) is 0 Å². The second kappa shape index (κ2) is 12.7. The number of hydrogen-bond donors (Lipinski definition) is 0. The van der Waals surface area contributed by atoms with Crippen molar-refractivity contribution in [2.75, 3.05) is 4.90 Å². The zero-order chi connectivity index (χ0) is 31.4. The quantitative estimate of drug-likeness (QED) is 0.176. The number of rotatable bonds is 7. The van der Waals surface area contributed by atoms with Gasteiger partial charge in [-0.1, -0.05) is 164 Å². The lowest BCUT2D eigenvalue weighted by Gasteiger charge is -2.30. The van der Waals surface area contributed by atoms with Crippen LogP contribution in [0, 0.1) is 0 Å². The Bertz CT molecular complexity index is 2300. The van der Waals surface area contributed by atoms with Crippen LogP contribution < -0.4 is 4.90 Å². The molecule has 0 aliphatic heterocycles. The Kier molecular flexibility index (Phi) is 7.63. The molecule has 0 aliphatic carbocycles. The van der Waals surface area contributed by atoms with Crippen LogP contribution in [0.5, 0.6) is 0 Å². The highest BCUT2D eigenvalue weighted by Gasteiger charge is 2.20. The fraction of sp³-hybridized carbons (Fsp3) is 0. The van der Waals surface area contributed by atoms with Crippen molar-refractivity contribution < 1.29 is 0 Å². The van der Waals surface area contributed by atoms with Gasteiger partial charge in [-0.3, -0.25) is 0 Å². The summed E-state index contributed by atoms with van der Waals surface area (Å²) in [4.78, 5) is 2.41. The Morgan fingerprint density at radius 1 is 0.277 bits per heavy atom. The third-order valence-electron chi connectivity index (χ3n) is 8.86. The maximum Gasteiger partial charge on any atom is 0.0540 e. The van der Waals surface area contributed by atoms with Crippen LogP contribution in [0.15, 0.2) is 200 Å². The lowest BCUT2D eigenvalue weighted by Crippen LogP contribution is -2.12. The third kappa shape index (κ3) is 5.60. The first kappa shape index (κ1) is 28.3. The van der Waals surface area contributed by atoms with Crippen molar-refractivity contribution in [2.45, 2.75) is 0 Å². The standard InChI is InChI=1S/C46H33N/c1-3-16-34(17-4-1)36-20-13-22-38(32-36)43-27-9-11-30-45(43)47(40-24-5-2-6-25-40)46-31-12-10-28-44(46)39-23-14-21-37(33-39)42-29-15-19-35-18-7-8-26-41(35)42/h1-33H. The fourth-order valence-corrected chi connectivity index (χ4v) is 6.64. The Balaban J connectivity index is 1.29. The van der Waals surface area contributed by atoms with Crippen molar-refractivity contribution in [3.63, 3.8) is 0 Å². The summed E-state index contributed by atoms with van der Waals surface area (Å²) in [7, 11) is 0. The molecule has 222 valence electrons. The fourth-order valence-electron chi connectivity index (χ4n) is 6.64. The molecular weight excluding hydrogens is 567 g/mol. The smallest absolute Gasteiger partial charge is 0.0540 e. The Morgan fingerprint density at radius 3 is 1.38 bits per heavy atom. The molecule has 0 saturated carbocycles. The van der Waals surface area contributed by atoms with Crippen LogP contribution in [-0.4, -0.2) is 0 Å². The first-order valence-electron chi connectivity index (χ1n) is 16.1. The van der Waals surface area contributed by atoms with Crippen molar-refractivity contribution in [2.24, 2.45) is 0 Å². The summed E-state index contributed by atoms with van der Waals surface area (Å²) in [5.74, 6) is 0. The van der Waals surface area contributed by atoms with Crippen LogP contribution in [-0.2, 0) is 0 Å². The molecule has 8 rings (SSSR count). The normalized spacial score (nSPS) is 11.0. The van der Waals surface area contributed by atoms with Gasteiger partial charge in [0, 0.05) is 16.8 Å². The van der Waals surface area contributed by atoms with E-state index in [0.29, 0.717) is 0 Å². The van der Waals surface area contributed by atoms with Gasteiger partial charge >= 0.3 is 0 Å². The lowest BCUT2D eigenvalue weighted by atomic mass is 9.94. The molecule has 0 atom stereocenters. The summed E-state index contributed by atoms with van der Waals surface area (Å²) in [5, 5.41) is 2.51. The minimum atomic E-state index is 1.11. The van der Waals surface area contributed by atoms with Gasteiger partial charge in [0.15, 0.2) is 0 Å². The van der Waals surface area contributed by atoms with Gasteiger partial charge in [0.2, 0.25) is 0 Å². The Morgan fingerprint density at radius 2 is 0.702 bits per heavy atom. The molecule has 0 N–H and O–H groups in total. The van der Waals surface area contributed by atoms with E-state index in [1.165, 1.54) is 55.3 Å². The van der Waals surface area contributed by atoms with Gasteiger partial charge < -0.3 is 4.90 Å². The topological polar surface area (TPSA) is 3.24 Å². The summed E-state index contributed by atoms with van der Waals surface area (Å²) < 4.78 is 0. The molecule has 8 aromatic rings. The molecular formula is C46H33N. The van der Waals surface area contributed by atoms with Gasteiger partial charge in [-0.25, -0.2) is 0 Å². The molecule has 0 aromatic heterocycles. The number of hydrogen-bond acceptors (Lipinski definition) is 1. The van der Waals surface area contributed by atoms with Crippen molar-refractivity contribution in [3.05, 3.63) is 200 Å². The zero-order valence-electron chi connectivity index (χ0n) is 26.0. The van der Waals surface area contributed by atoms with Crippen molar-refractivity contribution in [1.82, 2.24) is 0 Å². The first-order chi connectivity index (χ1) is 23.3. The average Bonchev–Trinajstić information content (AvgIpc) is 3.16. The molecule has 8 aromatic carbocycles. The molecule has 47 heavy (non-hydrogen) atoms. The summed E-state index contributed by atoms with van der Waals surface area (Å²) in [5.41, 5.74) is 12.9. The highest BCUT2D eigenvalue weighted by Crippen LogP contribution is 2.45. The number of fused-ring (bicyclic) bond motifs is 1. The van der Waals surface area contributed by atoms with Gasteiger partial charge in [-0.2, -0.15) is 0 Å². The second-order valence-corrected chi connectivity index (χ2v) is 11.8. The van der Waals surface area contributed by atoms with E-state index in [9.17, 15) is 0 Å². The molecule has 0 unspecified atom stereocenters. The van der Waals surface area contributed by atoms with E-state index < -0.39 is 0 Å². The lowest BCUT2D eigenvalue weighted by molar-refractivity contribution is 1.28. The Hall–Kier alpha value is -6.18. The molecule has 0 spiro atoms. The van der Waals surface area contributed by atoms with Gasteiger partial charge in [0.25, 0.3) is 0 Å². The van der Waals surface area contributed by atoms with E-state index in [2.05, 4.69) is 205 Å². The number of benzene rings is 8. The molecule has 0 aliphatic rings. The molecule has 0 heterocycles. The minimum Gasteiger partial charge on any atom is -0.309 e. The molecule has 0 saturated heterocycles. The van der Waals surface area contributed by atoms with Crippen molar-refractivity contribution in [3.8, 4) is 44.5 Å². The van der Waals surface area contributed by atoms with E-state index in [-0.39, 0.29) is 0 Å². The van der Waals surface area contributed by atoms with E-state index in [1.807, 2.05) is 0 Å². The average molecular weight is 600 g/mol. The molecule has 1 nitrogen and oxygen atoms in total. The first-order valence-corrected chi connectivity index (χ1v) is 16.1. The van der Waals surface area contributed by atoms with E-state index in [4.69, 9.17) is 0 Å². The van der Waals surface area contributed by atoms with E-state index in [1.54, 1.807) is 0 Å². The summed E-state index contributed by atoms with van der Waals surface area (Å²) in [6.07, 6.45) is 0. The van der Waals surface area contributed by atoms with Crippen LogP contribution >= 0.6 is 0 Å². The highest BCUT2D eigenvalue weighted by atomic mass is 15.1. The van der Waals surface area contributed by atoms with E-state index in [0.717, 1.165) is 17.1 Å². The summed E-state index contributed by atoms with van der Waals surface area (Å²) >= 11 is 0. The number of para-hydroxylation sites is 3. The third-order valence-corrected chi connectivity index (χ3v) is 8.86.